The van der Waals surface area contributed by atoms with Gasteiger partial charge in [-0.15, -0.1) is 0 Å². The molecule has 0 saturated heterocycles. The Hall–Kier alpha value is -2.08. The van der Waals surface area contributed by atoms with Crippen LogP contribution < -0.4 is 0 Å². The van der Waals surface area contributed by atoms with Crippen molar-refractivity contribution < 1.29 is 0 Å². The maximum absolute atomic E-state index is 3.78. The van der Waals surface area contributed by atoms with Crippen LogP contribution in [0.4, 0.5) is 0 Å². The third kappa shape index (κ3) is 3.03. The second kappa shape index (κ2) is 5.71. The normalized spacial score (nSPS) is 10.1. The second-order valence-corrected chi connectivity index (χ2v) is 5.03. The largest absolute Gasteiger partial charge is 0.0985 e. The molecule has 0 amide bonds. The summed E-state index contributed by atoms with van der Waals surface area (Å²) in [7, 11) is 0. The van der Waals surface area contributed by atoms with Gasteiger partial charge in [0.05, 0.1) is 0 Å². The van der Waals surface area contributed by atoms with E-state index in [2.05, 4.69) is 75.9 Å². The maximum atomic E-state index is 3.78. The molecule has 96 valence electrons. The first-order valence-electron chi connectivity index (χ1n) is 6.59. The van der Waals surface area contributed by atoms with Crippen LogP contribution in [0.5, 0.6) is 0 Å². The van der Waals surface area contributed by atoms with E-state index < -0.39 is 0 Å². The van der Waals surface area contributed by atoms with Crippen molar-refractivity contribution >= 4 is 11.6 Å². The molecule has 0 nitrogen and oxygen atoms in total. The Morgan fingerprint density at radius 2 is 1.26 bits per heavy atom. The van der Waals surface area contributed by atoms with Crippen molar-refractivity contribution in [2.45, 2.75) is 20.8 Å². The third-order valence-corrected chi connectivity index (χ3v) is 3.55. The topological polar surface area (TPSA) is 0 Å². The molecule has 0 aliphatic rings. The summed E-state index contributed by atoms with van der Waals surface area (Å²) >= 11 is 0. The van der Waals surface area contributed by atoms with Crippen LogP contribution in [-0.2, 0) is 0 Å². The Balaban J connectivity index is 2.32. The molecule has 0 aliphatic carbocycles. The molecule has 0 atom stereocenters. The van der Waals surface area contributed by atoms with Gasteiger partial charge in [-0.25, -0.2) is 0 Å². The molecule has 2 aromatic rings. The van der Waals surface area contributed by atoms with E-state index in [1.807, 2.05) is 6.08 Å². The number of rotatable bonds is 3. The lowest BCUT2D eigenvalue weighted by Gasteiger charge is -2.07. The van der Waals surface area contributed by atoms with Crippen molar-refractivity contribution in [2.24, 2.45) is 0 Å². The van der Waals surface area contributed by atoms with Crippen molar-refractivity contribution in [2.75, 3.05) is 0 Å². The van der Waals surface area contributed by atoms with E-state index in [0.29, 0.717) is 0 Å². The molecular weight excluding hydrogens is 228 g/mol. The highest BCUT2D eigenvalue weighted by molar-refractivity contribution is 5.71. The van der Waals surface area contributed by atoms with Crippen molar-refractivity contribution in [3.8, 4) is 11.1 Å². The summed E-state index contributed by atoms with van der Waals surface area (Å²) in [6, 6.07) is 17.2. The first kappa shape index (κ1) is 13.4. The molecule has 0 aliphatic heterocycles. The van der Waals surface area contributed by atoms with Gasteiger partial charge in [0, 0.05) is 0 Å². The van der Waals surface area contributed by atoms with Gasteiger partial charge in [-0.1, -0.05) is 66.8 Å². The van der Waals surface area contributed by atoms with E-state index in [1.54, 1.807) is 0 Å². The zero-order valence-corrected chi connectivity index (χ0v) is 11.9. The first-order chi connectivity index (χ1) is 9.11. The molecule has 19 heavy (non-hydrogen) atoms. The lowest BCUT2D eigenvalue weighted by atomic mass is 9.98. The predicted octanol–water partition coefficient (Wildman–Crippen LogP) is 5.81. The molecule has 0 aromatic heterocycles. The molecule has 0 N–H and O–H groups in total. The molecule has 0 radical (unpaired) electrons. The highest BCUT2D eigenvalue weighted by Gasteiger charge is 2.00. The van der Waals surface area contributed by atoms with Gasteiger partial charge in [0.25, 0.3) is 0 Å². The quantitative estimate of drug-likeness (QED) is 0.643. The van der Waals surface area contributed by atoms with Crippen LogP contribution in [0, 0.1) is 0 Å². The molecule has 0 bridgehead atoms. The van der Waals surface area contributed by atoms with Crippen LogP contribution in [0.2, 0.25) is 0 Å². The van der Waals surface area contributed by atoms with Gasteiger partial charge < -0.3 is 0 Å². The Kier molecular flexibility index (Phi) is 4.01. The van der Waals surface area contributed by atoms with E-state index in [4.69, 9.17) is 0 Å². The Morgan fingerprint density at radius 1 is 0.789 bits per heavy atom. The van der Waals surface area contributed by atoms with Crippen LogP contribution in [-0.4, -0.2) is 0 Å². The smallest absolute Gasteiger partial charge is 0.0184 e. The van der Waals surface area contributed by atoms with Crippen LogP contribution in [0.25, 0.3) is 22.8 Å². The summed E-state index contributed by atoms with van der Waals surface area (Å²) in [5, 5.41) is 0. The lowest BCUT2D eigenvalue weighted by molar-refractivity contribution is 1.36. The summed E-state index contributed by atoms with van der Waals surface area (Å²) in [5.74, 6) is 0. The SMILES string of the molecule is C=Cc1ccc(-c2ccc(C(C)=C(C)C)cc2)cc1. The second-order valence-electron chi connectivity index (χ2n) is 5.03. The van der Waals surface area contributed by atoms with Crippen molar-refractivity contribution in [1.82, 2.24) is 0 Å². The fourth-order valence-electron chi connectivity index (χ4n) is 2.01. The monoisotopic (exact) mass is 248 g/mol. The van der Waals surface area contributed by atoms with E-state index >= 15 is 0 Å². The van der Waals surface area contributed by atoms with Crippen LogP contribution in [0.3, 0.4) is 0 Å². The molecule has 0 unspecified atom stereocenters. The summed E-state index contributed by atoms with van der Waals surface area (Å²) < 4.78 is 0. The average Bonchev–Trinajstić information content (AvgIpc) is 2.46. The number of hydrogen-bond acceptors (Lipinski definition) is 0. The minimum Gasteiger partial charge on any atom is -0.0985 e. The predicted molar refractivity (Wildman–Crippen MR) is 85.9 cm³/mol. The van der Waals surface area contributed by atoms with Crippen molar-refractivity contribution in [3.05, 3.63) is 71.8 Å². The number of hydrogen-bond donors (Lipinski definition) is 0. The molecule has 0 spiro atoms. The van der Waals surface area contributed by atoms with E-state index in [9.17, 15) is 0 Å². The Bertz CT molecular complexity index is 591. The van der Waals surface area contributed by atoms with Gasteiger partial charge in [-0.3, -0.25) is 0 Å². The fraction of sp³-hybridized carbons (Fsp3) is 0.158. The van der Waals surface area contributed by atoms with E-state index in [0.717, 1.165) is 5.56 Å². The third-order valence-electron chi connectivity index (χ3n) is 3.55. The lowest BCUT2D eigenvalue weighted by Crippen LogP contribution is -1.84. The summed E-state index contributed by atoms with van der Waals surface area (Å²) in [4.78, 5) is 0. The molecule has 0 heterocycles. The number of benzene rings is 2. The van der Waals surface area contributed by atoms with Gasteiger partial charge in [0.15, 0.2) is 0 Å². The molecule has 2 rings (SSSR count). The van der Waals surface area contributed by atoms with Crippen molar-refractivity contribution in [3.63, 3.8) is 0 Å². The molecule has 0 heteroatoms. The van der Waals surface area contributed by atoms with E-state index in [-0.39, 0.29) is 0 Å². The Labute approximate surface area is 116 Å². The average molecular weight is 248 g/mol. The first-order valence-corrected chi connectivity index (χ1v) is 6.59. The van der Waals surface area contributed by atoms with Gasteiger partial charge in [0.1, 0.15) is 0 Å². The van der Waals surface area contributed by atoms with Gasteiger partial charge in [-0.05, 0) is 48.6 Å². The minimum absolute atomic E-state index is 1.15. The maximum Gasteiger partial charge on any atom is -0.0184 e. The summed E-state index contributed by atoms with van der Waals surface area (Å²) in [6.45, 7) is 10.2. The molecular formula is C19H20. The zero-order valence-electron chi connectivity index (χ0n) is 11.9. The standard InChI is InChI=1S/C19H20/c1-5-16-6-8-18(9-7-16)19-12-10-17(11-13-19)15(4)14(2)3/h5-13H,1H2,2-4H3. The minimum atomic E-state index is 1.15. The van der Waals surface area contributed by atoms with Crippen LogP contribution >= 0.6 is 0 Å². The summed E-state index contributed by atoms with van der Waals surface area (Å²) in [6.07, 6.45) is 1.87. The van der Waals surface area contributed by atoms with Crippen molar-refractivity contribution in [1.29, 1.82) is 0 Å². The Morgan fingerprint density at radius 3 is 1.68 bits per heavy atom. The van der Waals surface area contributed by atoms with Gasteiger partial charge in [0.2, 0.25) is 0 Å². The van der Waals surface area contributed by atoms with Gasteiger partial charge in [-0.2, -0.15) is 0 Å². The number of allylic oxidation sites excluding steroid dienone is 2. The van der Waals surface area contributed by atoms with Crippen LogP contribution in [0.15, 0.2) is 60.7 Å². The molecule has 0 fully saturated rings. The highest BCUT2D eigenvalue weighted by atomic mass is 14.1. The fourth-order valence-corrected chi connectivity index (χ4v) is 2.01. The van der Waals surface area contributed by atoms with Gasteiger partial charge >= 0.3 is 0 Å². The van der Waals surface area contributed by atoms with Crippen LogP contribution in [0.1, 0.15) is 31.9 Å². The zero-order chi connectivity index (χ0) is 13.8. The highest BCUT2D eigenvalue weighted by Crippen LogP contribution is 2.24. The van der Waals surface area contributed by atoms with E-state index in [1.165, 1.54) is 27.8 Å². The summed E-state index contributed by atoms with van der Waals surface area (Å²) in [5.41, 5.74) is 7.66. The molecule has 0 saturated carbocycles. The molecule has 2 aromatic carbocycles.